The number of aliphatic hydroxyl groups excluding tert-OH is 2. The van der Waals surface area contributed by atoms with Gasteiger partial charge in [0.15, 0.2) is 0 Å². The minimum atomic E-state index is -0.524. The molecule has 2 fully saturated rings. The van der Waals surface area contributed by atoms with Gasteiger partial charge < -0.3 is 10.2 Å². The van der Waals surface area contributed by atoms with Crippen LogP contribution in [0.1, 0.15) is 64.2 Å². The fourth-order valence-corrected chi connectivity index (χ4v) is 3.31. The van der Waals surface area contributed by atoms with Crippen LogP contribution >= 0.6 is 0 Å². The van der Waals surface area contributed by atoms with E-state index in [4.69, 9.17) is 0 Å². The highest BCUT2D eigenvalue weighted by Gasteiger charge is 2.22. The van der Waals surface area contributed by atoms with Gasteiger partial charge in [-0.15, -0.1) is 0 Å². The van der Waals surface area contributed by atoms with E-state index in [1.165, 1.54) is 38.5 Å². The molecule has 0 spiro atoms. The summed E-state index contributed by atoms with van der Waals surface area (Å²) < 4.78 is 0. The molecule has 102 valence electrons. The molecule has 2 saturated carbocycles. The zero-order valence-corrected chi connectivity index (χ0v) is 11.3. The summed E-state index contributed by atoms with van der Waals surface area (Å²) in [7, 11) is 0. The Morgan fingerprint density at radius 2 is 0.944 bits per heavy atom. The first-order valence-electron chi connectivity index (χ1n) is 7.64. The van der Waals surface area contributed by atoms with Crippen LogP contribution in [0.15, 0.2) is 0 Å². The Hall–Kier alpha value is -0.520. The second-order valence-corrected chi connectivity index (χ2v) is 5.97. The standard InChI is InChI=1S/C16H26O2/c17-15(13-7-3-1-4-8-13)11-12-16(18)14-9-5-2-6-10-14/h13-18H,1-10H2/t15-,16+. The van der Waals surface area contributed by atoms with Gasteiger partial charge in [-0.2, -0.15) is 0 Å². The summed E-state index contributed by atoms with van der Waals surface area (Å²) in [6.07, 6.45) is 10.8. The minimum Gasteiger partial charge on any atom is -0.380 e. The molecule has 0 saturated heterocycles. The molecular formula is C16H26O2. The van der Waals surface area contributed by atoms with Gasteiger partial charge in [0.2, 0.25) is 0 Å². The summed E-state index contributed by atoms with van der Waals surface area (Å²) in [6, 6.07) is 0. The Morgan fingerprint density at radius 3 is 1.28 bits per heavy atom. The topological polar surface area (TPSA) is 40.5 Å². The lowest BCUT2D eigenvalue weighted by atomic mass is 9.84. The fourth-order valence-electron chi connectivity index (χ4n) is 3.31. The lowest BCUT2D eigenvalue weighted by molar-refractivity contribution is 0.124. The lowest BCUT2D eigenvalue weighted by Gasteiger charge is -2.24. The van der Waals surface area contributed by atoms with Crippen LogP contribution in [0.5, 0.6) is 0 Å². The van der Waals surface area contributed by atoms with E-state index < -0.39 is 12.2 Å². The summed E-state index contributed by atoms with van der Waals surface area (Å²) in [5, 5.41) is 20.1. The van der Waals surface area contributed by atoms with Crippen molar-refractivity contribution in [2.45, 2.75) is 76.4 Å². The molecule has 0 aromatic heterocycles. The molecule has 0 radical (unpaired) electrons. The fraction of sp³-hybridized carbons (Fsp3) is 0.875. The van der Waals surface area contributed by atoms with Gasteiger partial charge in [0, 0.05) is 0 Å². The molecule has 2 N–H and O–H groups in total. The van der Waals surface area contributed by atoms with E-state index in [9.17, 15) is 10.2 Å². The zero-order valence-electron chi connectivity index (χ0n) is 11.3. The van der Waals surface area contributed by atoms with Crippen molar-refractivity contribution in [3.63, 3.8) is 0 Å². The van der Waals surface area contributed by atoms with Crippen LogP contribution in [0.4, 0.5) is 0 Å². The quantitative estimate of drug-likeness (QED) is 0.740. The Kier molecular flexibility index (Phi) is 5.53. The molecule has 0 bridgehead atoms. The van der Waals surface area contributed by atoms with Crippen LogP contribution in [-0.2, 0) is 0 Å². The zero-order chi connectivity index (χ0) is 12.8. The summed E-state index contributed by atoms with van der Waals surface area (Å²) in [6.45, 7) is 0. The SMILES string of the molecule is O[C@H](C#C[C@H](O)C1CCCCC1)C1CCCCC1. The van der Waals surface area contributed by atoms with Crippen LogP contribution in [0.2, 0.25) is 0 Å². The number of rotatable bonds is 2. The maximum atomic E-state index is 10.0. The maximum absolute atomic E-state index is 10.0. The highest BCUT2D eigenvalue weighted by atomic mass is 16.3. The Labute approximate surface area is 111 Å². The smallest absolute Gasteiger partial charge is 0.117 e. The first-order chi connectivity index (χ1) is 8.77. The van der Waals surface area contributed by atoms with E-state index in [-0.39, 0.29) is 0 Å². The third-order valence-corrected chi connectivity index (χ3v) is 4.57. The average molecular weight is 250 g/mol. The second kappa shape index (κ2) is 7.16. The second-order valence-electron chi connectivity index (χ2n) is 5.97. The van der Waals surface area contributed by atoms with Gasteiger partial charge in [-0.3, -0.25) is 0 Å². The predicted octanol–water partition coefficient (Wildman–Crippen LogP) is 2.87. The molecule has 0 heterocycles. The van der Waals surface area contributed by atoms with Crippen molar-refractivity contribution in [1.82, 2.24) is 0 Å². The van der Waals surface area contributed by atoms with E-state index >= 15 is 0 Å². The number of hydrogen-bond donors (Lipinski definition) is 2. The normalized spacial score (nSPS) is 26.1. The minimum absolute atomic E-state index is 0.338. The molecule has 2 rings (SSSR count). The van der Waals surface area contributed by atoms with Crippen molar-refractivity contribution in [2.24, 2.45) is 11.8 Å². The molecule has 2 heteroatoms. The van der Waals surface area contributed by atoms with Crippen LogP contribution in [0, 0.1) is 23.7 Å². The molecule has 0 aromatic carbocycles. The van der Waals surface area contributed by atoms with Gasteiger partial charge in [-0.1, -0.05) is 50.4 Å². The van der Waals surface area contributed by atoms with E-state index in [0.29, 0.717) is 11.8 Å². The lowest BCUT2D eigenvalue weighted by Crippen LogP contribution is -2.24. The summed E-state index contributed by atoms with van der Waals surface area (Å²) in [4.78, 5) is 0. The third kappa shape index (κ3) is 4.00. The van der Waals surface area contributed by atoms with Gasteiger partial charge in [-0.05, 0) is 37.5 Å². The van der Waals surface area contributed by atoms with Crippen molar-refractivity contribution in [3.05, 3.63) is 0 Å². The van der Waals surface area contributed by atoms with E-state index in [1.54, 1.807) is 0 Å². The molecule has 0 aliphatic heterocycles. The molecule has 2 aliphatic carbocycles. The van der Waals surface area contributed by atoms with E-state index in [0.717, 1.165) is 25.7 Å². The van der Waals surface area contributed by atoms with Gasteiger partial charge in [0.25, 0.3) is 0 Å². The van der Waals surface area contributed by atoms with Crippen molar-refractivity contribution in [1.29, 1.82) is 0 Å². The monoisotopic (exact) mass is 250 g/mol. The van der Waals surface area contributed by atoms with Crippen molar-refractivity contribution >= 4 is 0 Å². The first kappa shape index (κ1) is 13.9. The van der Waals surface area contributed by atoms with Gasteiger partial charge in [-0.25, -0.2) is 0 Å². The summed E-state index contributed by atoms with van der Waals surface area (Å²) >= 11 is 0. The molecule has 18 heavy (non-hydrogen) atoms. The summed E-state index contributed by atoms with van der Waals surface area (Å²) in [5.74, 6) is 6.49. The van der Waals surface area contributed by atoms with Gasteiger partial charge >= 0.3 is 0 Å². The van der Waals surface area contributed by atoms with E-state index in [2.05, 4.69) is 11.8 Å². The Balaban J connectivity index is 1.81. The largest absolute Gasteiger partial charge is 0.380 e. The molecule has 2 atom stereocenters. The highest BCUT2D eigenvalue weighted by Crippen LogP contribution is 2.27. The molecular weight excluding hydrogens is 224 g/mol. The third-order valence-electron chi connectivity index (χ3n) is 4.57. The van der Waals surface area contributed by atoms with Crippen LogP contribution < -0.4 is 0 Å². The van der Waals surface area contributed by atoms with Crippen molar-refractivity contribution in [3.8, 4) is 11.8 Å². The summed E-state index contributed by atoms with van der Waals surface area (Å²) in [5.41, 5.74) is 0. The Bertz CT molecular complexity index is 262. The first-order valence-corrected chi connectivity index (χ1v) is 7.64. The van der Waals surface area contributed by atoms with E-state index in [1.807, 2.05) is 0 Å². The number of hydrogen-bond acceptors (Lipinski definition) is 2. The molecule has 0 amide bonds. The maximum Gasteiger partial charge on any atom is 0.117 e. The van der Waals surface area contributed by atoms with Crippen LogP contribution in [0.25, 0.3) is 0 Å². The predicted molar refractivity (Wildman–Crippen MR) is 72.9 cm³/mol. The average Bonchev–Trinajstić information content (AvgIpc) is 2.46. The Morgan fingerprint density at radius 1 is 0.611 bits per heavy atom. The van der Waals surface area contributed by atoms with Crippen molar-refractivity contribution < 1.29 is 10.2 Å². The highest BCUT2D eigenvalue weighted by molar-refractivity contribution is 5.11. The molecule has 2 aliphatic rings. The van der Waals surface area contributed by atoms with Gasteiger partial charge in [0.1, 0.15) is 12.2 Å². The van der Waals surface area contributed by atoms with Gasteiger partial charge in [0.05, 0.1) is 0 Å². The van der Waals surface area contributed by atoms with Crippen molar-refractivity contribution in [2.75, 3.05) is 0 Å². The molecule has 0 aromatic rings. The molecule has 0 unspecified atom stereocenters. The van der Waals surface area contributed by atoms with Crippen LogP contribution in [-0.4, -0.2) is 22.4 Å². The van der Waals surface area contributed by atoms with Crippen LogP contribution in [0.3, 0.4) is 0 Å². The number of aliphatic hydroxyl groups is 2. The molecule has 2 nitrogen and oxygen atoms in total.